The Morgan fingerprint density at radius 1 is 1.43 bits per heavy atom. The van der Waals surface area contributed by atoms with Crippen molar-refractivity contribution in [2.45, 2.75) is 6.92 Å². The Morgan fingerprint density at radius 2 is 2.14 bits per heavy atom. The van der Waals surface area contributed by atoms with Gasteiger partial charge < -0.3 is 5.32 Å². The minimum atomic E-state index is -0.894. The SMILES string of the molecule is Cc1cc(C(=O)Nc2c(F)cccc2[N+](=O)[O-])cc(Cl)n1. The van der Waals surface area contributed by atoms with Crippen LogP contribution in [0.25, 0.3) is 0 Å². The van der Waals surface area contributed by atoms with Crippen LogP contribution >= 0.6 is 11.6 Å². The smallest absolute Gasteiger partial charge is 0.295 e. The van der Waals surface area contributed by atoms with Crippen LogP contribution in [0.4, 0.5) is 15.8 Å². The second-order valence-electron chi connectivity index (χ2n) is 4.17. The van der Waals surface area contributed by atoms with Crippen molar-refractivity contribution in [3.8, 4) is 0 Å². The molecule has 0 radical (unpaired) electrons. The molecule has 2 rings (SSSR count). The van der Waals surface area contributed by atoms with Crippen molar-refractivity contribution in [1.82, 2.24) is 4.98 Å². The summed E-state index contributed by atoms with van der Waals surface area (Å²) in [7, 11) is 0. The van der Waals surface area contributed by atoms with Crippen molar-refractivity contribution in [3.05, 3.63) is 62.7 Å². The molecule has 1 aromatic carbocycles. The molecule has 0 aliphatic heterocycles. The van der Waals surface area contributed by atoms with E-state index in [-0.39, 0.29) is 10.7 Å². The van der Waals surface area contributed by atoms with Gasteiger partial charge in [0.25, 0.3) is 11.6 Å². The van der Waals surface area contributed by atoms with E-state index in [1.165, 1.54) is 18.2 Å². The summed E-state index contributed by atoms with van der Waals surface area (Å²) in [5.74, 6) is -1.61. The zero-order chi connectivity index (χ0) is 15.6. The number of carbonyl (C=O) groups excluding carboxylic acids is 1. The van der Waals surface area contributed by atoms with Crippen molar-refractivity contribution in [1.29, 1.82) is 0 Å². The van der Waals surface area contributed by atoms with E-state index < -0.39 is 28.0 Å². The van der Waals surface area contributed by atoms with Gasteiger partial charge in [0, 0.05) is 17.3 Å². The van der Waals surface area contributed by atoms with Crippen LogP contribution in [-0.2, 0) is 0 Å². The number of benzene rings is 1. The van der Waals surface area contributed by atoms with Crippen molar-refractivity contribution >= 4 is 28.9 Å². The maximum Gasteiger partial charge on any atom is 0.295 e. The first-order valence-electron chi connectivity index (χ1n) is 5.77. The molecule has 0 fully saturated rings. The molecule has 1 N–H and O–H groups in total. The molecular formula is C13H9ClFN3O3. The quantitative estimate of drug-likeness (QED) is 0.535. The molecule has 1 heterocycles. The van der Waals surface area contributed by atoms with E-state index in [1.807, 2.05) is 0 Å². The lowest BCUT2D eigenvalue weighted by Gasteiger charge is -2.07. The molecule has 0 unspecified atom stereocenters. The Balaban J connectivity index is 2.38. The number of hydrogen-bond acceptors (Lipinski definition) is 4. The summed E-state index contributed by atoms with van der Waals surface area (Å²) in [6, 6.07) is 6.04. The van der Waals surface area contributed by atoms with Crippen LogP contribution in [0.2, 0.25) is 5.15 Å². The van der Waals surface area contributed by atoms with Crippen LogP contribution in [0.1, 0.15) is 16.1 Å². The van der Waals surface area contributed by atoms with Gasteiger partial charge in [0.15, 0.2) is 11.5 Å². The van der Waals surface area contributed by atoms with E-state index in [0.717, 1.165) is 12.1 Å². The molecule has 21 heavy (non-hydrogen) atoms. The molecule has 0 atom stereocenters. The number of nitro benzene ring substituents is 1. The fourth-order valence-corrected chi connectivity index (χ4v) is 1.98. The molecule has 1 aromatic heterocycles. The number of halogens is 2. The summed E-state index contributed by atoms with van der Waals surface area (Å²) in [5, 5.41) is 13.1. The third kappa shape index (κ3) is 3.32. The first kappa shape index (κ1) is 14.9. The minimum absolute atomic E-state index is 0.100. The van der Waals surface area contributed by atoms with Crippen molar-refractivity contribution in [2.24, 2.45) is 0 Å². The van der Waals surface area contributed by atoms with E-state index in [4.69, 9.17) is 11.6 Å². The van der Waals surface area contributed by atoms with Gasteiger partial charge in [-0.2, -0.15) is 0 Å². The molecule has 108 valence electrons. The fraction of sp³-hybridized carbons (Fsp3) is 0.0769. The molecule has 0 saturated carbocycles. The highest BCUT2D eigenvalue weighted by molar-refractivity contribution is 6.29. The summed E-state index contributed by atoms with van der Waals surface area (Å²) in [6.45, 7) is 1.63. The maximum absolute atomic E-state index is 13.7. The largest absolute Gasteiger partial charge is 0.314 e. The number of nitro groups is 1. The molecule has 0 aliphatic rings. The number of aromatic nitrogens is 1. The molecule has 0 aliphatic carbocycles. The van der Waals surface area contributed by atoms with Crippen LogP contribution in [0.5, 0.6) is 0 Å². The number of carbonyl (C=O) groups is 1. The number of aryl methyl sites for hydroxylation is 1. The number of nitrogens with one attached hydrogen (secondary N) is 1. The fourth-order valence-electron chi connectivity index (χ4n) is 1.73. The zero-order valence-corrected chi connectivity index (χ0v) is 11.5. The second-order valence-corrected chi connectivity index (χ2v) is 4.55. The lowest BCUT2D eigenvalue weighted by atomic mass is 10.2. The predicted molar refractivity (Wildman–Crippen MR) is 75.0 cm³/mol. The molecule has 8 heteroatoms. The molecular weight excluding hydrogens is 301 g/mol. The van der Waals surface area contributed by atoms with E-state index in [0.29, 0.717) is 5.69 Å². The first-order valence-corrected chi connectivity index (χ1v) is 6.14. The third-order valence-electron chi connectivity index (χ3n) is 2.61. The van der Waals surface area contributed by atoms with Gasteiger partial charge in [0.1, 0.15) is 5.15 Å². The summed E-state index contributed by atoms with van der Waals surface area (Å²) in [5.41, 5.74) is -0.390. The highest BCUT2D eigenvalue weighted by Crippen LogP contribution is 2.27. The second kappa shape index (κ2) is 5.84. The van der Waals surface area contributed by atoms with Crippen LogP contribution < -0.4 is 5.32 Å². The molecule has 2 aromatic rings. The standard InChI is InChI=1S/C13H9ClFN3O3/c1-7-5-8(6-11(14)16-7)13(19)17-12-9(15)3-2-4-10(12)18(20)21/h2-6H,1H3,(H,17,19). The molecule has 0 bridgehead atoms. The van der Waals surface area contributed by atoms with Crippen LogP contribution in [0.15, 0.2) is 30.3 Å². The average Bonchev–Trinajstić information content (AvgIpc) is 2.39. The Kier molecular flexibility index (Phi) is 4.13. The van der Waals surface area contributed by atoms with Gasteiger partial charge in [-0.05, 0) is 25.1 Å². The highest BCUT2D eigenvalue weighted by Gasteiger charge is 2.20. The lowest BCUT2D eigenvalue weighted by Crippen LogP contribution is -2.15. The van der Waals surface area contributed by atoms with Crippen LogP contribution in [0, 0.1) is 22.9 Å². The van der Waals surface area contributed by atoms with Gasteiger partial charge in [0.05, 0.1) is 4.92 Å². The van der Waals surface area contributed by atoms with Gasteiger partial charge in [-0.1, -0.05) is 17.7 Å². The third-order valence-corrected chi connectivity index (χ3v) is 2.80. The number of pyridine rings is 1. The summed E-state index contributed by atoms with van der Waals surface area (Å²) >= 11 is 5.74. The van der Waals surface area contributed by atoms with Gasteiger partial charge in [-0.25, -0.2) is 9.37 Å². The van der Waals surface area contributed by atoms with E-state index in [2.05, 4.69) is 10.3 Å². The summed E-state index contributed by atoms with van der Waals surface area (Å²) in [6.07, 6.45) is 0. The predicted octanol–water partition coefficient (Wildman–Crippen LogP) is 3.34. The molecule has 6 nitrogen and oxygen atoms in total. The molecule has 0 spiro atoms. The lowest BCUT2D eigenvalue weighted by molar-refractivity contribution is -0.384. The minimum Gasteiger partial charge on any atom is -0.314 e. The van der Waals surface area contributed by atoms with Crippen LogP contribution in [0.3, 0.4) is 0 Å². The summed E-state index contributed by atoms with van der Waals surface area (Å²) in [4.78, 5) is 26.0. The van der Waals surface area contributed by atoms with Crippen molar-refractivity contribution in [2.75, 3.05) is 5.32 Å². The number of nitrogens with zero attached hydrogens (tertiary/aromatic N) is 2. The zero-order valence-electron chi connectivity index (χ0n) is 10.8. The number of anilines is 1. The average molecular weight is 310 g/mol. The van der Waals surface area contributed by atoms with Gasteiger partial charge in [-0.15, -0.1) is 0 Å². The highest BCUT2D eigenvalue weighted by atomic mass is 35.5. The Hall–Kier alpha value is -2.54. The monoisotopic (exact) mass is 309 g/mol. The van der Waals surface area contributed by atoms with E-state index >= 15 is 0 Å². The number of para-hydroxylation sites is 1. The van der Waals surface area contributed by atoms with Crippen molar-refractivity contribution < 1.29 is 14.1 Å². The maximum atomic E-state index is 13.7. The van der Waals surface area contributed by atoms with Crippen molar-refractivity contribution in [3.63, 3.8) is 0 Å². The molecule has 1 amide bonds. The van der Waals surface area contributed by atoms with E-state index in [1.54, 1.807) is 6.92 Å². The van der Waals surface area contributed by atoms with Gasteiger partial charge in [-0.3, -0.25) is 14.9 Å². The topological polar surface area (TPSA) is 85.1 Å². The number of hydrogen-bond donors (Lipinski definition) is 1. The molecule has 0 saturated heterocycles. The Morgan fingerprint density at radius 3 is 2.76 bits per heavy atom. The number of rotatable bonds is 3. The first-order chi connectivity index (χ1) is 9.88. The van der Waals surface area contributed by atoms with Gasteiger partial charge >= 0.3 is 0 Å². The number of amides is 1. The van der Waals surface area contributed by atoms with Gasteiger partial charge in [0.2, 0.25) is 0 Å². The Bertz CT molecular complexity index is 716. The van der Waals surface area contributed by atoms with Crippen LogP contribution in [-0.4, -0.2) is 15.8 Å². The Labute approximate surface area is 123 Å². The van der Waals surface area contributed by atoms with E-state index in [9.17, 15) is 19.3 Å². The normalized spacial score (nSPS) is 10.2. The summed E-state index contributed by atoms with van der Waals surface area (Å²) < 4.78 is 13.7.